The molecular weight excluding hydrogens is 212 g/mol. The molecule has 1 atom stereocenters. The number of carbonyl (C=O) groups excluding carboxylic acids is 1. The Bertz CT molecular complexity index is 546. The molecule has 2 aromatic carbocycles. The lowest BCUT2D eigenvalue weighted by Crippen LogP contribution is -2.20. The summed E-state index contributed by atoms with van der Waals surface area (Å²) in [5.74, 6) is 0.846. The normalized spacial score (nSPS) is 18.4. The van der Waals surface area contributed by atoms with E-state index in [1.54, 1.807) is 0 Å². The van der Waals surface area contributed by atoms with Crippen LogP contribution in [0.2, 0.25) is 0 Å². The highest BCUT2D eigenvalue weighted by atomic mass is 16.5. The number of benzene rings is 2. The molecule has 1 aliphatic heterocycles. The van der Waals surface area contributed by atoms with Crippen LogP contribution in [0.5, 0.6) is 5.75 Å². The molecule has 2 nitrogen and oxygen atoms in total. The van der Waals surface area contributed by atoms with E-state index in [1.807, 2.05) is 54.6 Å². The summed E-state index contributed by atoms with van der Waals surface area (Å²) in [7, 11) is 0. The molecule has 0 bridgehead atoms. The van der Waals surface area contributed by atoms with Crippen molar-refractivity contribution < 1.29 is 9.53 Å². The summed E-state index contributed by atoms with van der Waals surface area (Å²) in [4.78, 5) is 12.0. The van der Waals surface area contributed by atoms with Gasteiger partial charge >= 0.3 is 0 Å². The Balaban J connectivity index is 1.97. The van der Waals surface area contributed by atoms with Crippen LogP contribution < -0.4 is 4.74 Å². The Hall–Kier alpha value is -2.09. The minimum Gasteiger partial charge on any atom is -0.484 e. The third-order valence-corrected chi connectivity index (χ3v) is 3.00. The third kappa shape index (κ3) is 1.82. The SMILES string of the molecule is O=C1CC(c2ccccc2)Oc2ccccc21. The second-order valence-corrected chi connectivity index (χ2v) is 4.14. The molecule has 1 heterocycles. The Morgan fingerprint density at radius 3 is 2.47 bits per heavy atom. The van der Waals surface area contributed by atoms with Crippen molar-refractivity contribution in [2.24, 2.45) is 0 Å². The van der Waals surface area contributed by atoms with Crippen LogP contribution in [-0.4, -0.2) is 5.78 Å². The fraction of sp³-hybridized carbons (Fsp3) is 0.133. The smallest absolute Gasteiger partial charge is 0.170 e. The average Bonchev–Trinajstić information content (AvgIpc) is 2.40. The first-order valence-corrected chi connectivity index (χ1v) is 5.68. The molecule has 0 saturated heterocycles. The summed E-state index contributed by atoms with van der Waals surface area (Å²) >= 11 is 0. The third-order valence-electron chi connectivity index (χ3n) is 3.00. The maximum atomic E-state index is 12.0. The first-order valence-electron chi connectivity index (χ1n) is 5.68. The average molecular weight is 224 g/mol. The Morgan fingerprint density at radius 2 is 1.65 bits per heavy atom. The van der Waals surface area contributed by atoms with Crippen LogP contribution in [0.4, 0.5) is 0 Å². The molecule has 0 fully saturated rings. The second-order valence-electron chi connectivity index (χ2n) is 4.14. The van der Waals surface area contributed by atoms with Gasteiger partial charge in [-0.2, -0.15) is 0 Å². The monoisotopic (exact) mass is 224 g/mol. The summed E-state index contributed by atoms with van der Waals surface area (Å²) in [5, 5.41) is 0. The molecule has 0 N–H and O–H groups in total. The number of hydrogen-bond donors (Lipinski definition) is 0. The number of ketones is 1. The number of para-hydroxylation sites is 1. The van der Waals surface area contributed by atoms with Gasteiger partial charge in [0.2, 0.25) is 0 Å². The number of rotatable bonds is 1. The van der Waals surface area contributed by atoms with Crippen LogP contribution >= 0.6 is 0 Å². The van der Waals surface area contributed by atoms with Gasteiger partial charge in [0.05, 0.1) is 12.0 Å². The van der Waals surface area contributed by atoms with Gasteiger partial charge in [0, 0.05) is 0 Å². The molecule has 0 aromatic heterocycles. The summed E-state index contributed by atoms with van der Waals surface area (Å²) in [6, 6.07) is 17.3. The van der Waals surface area contributed by atoms with Crippen molar-refractivity contribution >= 4 is 5.78 Å². The highest BCUT2D eigenvalue weighted by Crippen LogP contribution is 2.34. The topological polar surface area (TPSA) is 26.3 Å². The van der Waals surface area contributed by atoms with E-state index < -0.39 is 0 Å². The molecule has 0 amide bonds. The van der Waals surface area contributed by atoms with E-state index in [9.17, 15) is 4.79 Å². The standard InChI is InChI=1S/C15H12O2/c16-13-10-15(11-6-2-1-3-7-11)17-14-9-5-4-8-12(13)14/h1-9,15H,10H2. The van der Waals surface area contributed by atoms with Gasteiger partial charge in [0.25, 0.3) is 0 Å². The zero-order chi connectivity index (χ0) is 11.7. The van der Waals surface area contributed by atoms with E-state index in [1.165, 1.54) is 0 Å². The predicted molar refractivity (Wildman–Crippen MR) is 65.2 cm³/mol. The minimum absolute atomic E-state index is 0.153. The number of Topliss-reactive ketones (excluding diaryl/α,β-unsaturated/α-hetero) is 1. The Labute approximate surface area is 99.9 Å². The molecule has 17 heavy (non-hydrogen) atoms. The van der Waals surface area contributed by atoms with Crippen LogP contribution in [0.1, 0.15) is 28.4 Å². The quantitative estimate of drug-likeness (QED) is 0.742. The van der Waals surface area contributed by atoms with Gasteiger partial charge < -0.3 is 4.74 Å². The second kappa shape index (κ2) is 4.06. The Kier molecular flexibility index (Phi) is 2.41. The lowest BCUT2D eigenvalue weighted by Gasteiger charge is -2.25. The van der Waals surface area contributed by atoms with Crippen LogP contribution in [0.3, 0.4) is 0 Å². The van der Waals surface area contributed by atoms with Gasteiger partial charge in [-0.05, 0) is 17.7 Å². The van der Waals surface area contributed by atoms with Crippen molar-refractivity contribution in [1.29, 1.82) is 0 Å². The number of fused-ring (bicyclic) bond motifs is 1. The zero-order valence-electron chi connectivity index (χ0n) is 9.30. The molecule has 0 radical (unpaired) electrons. The van der Waals surface area contributed by atoms with Crippen LogP contribution in [-0.2, 0) is 0 Å². The molecule has 3 rings (SSSR count). The fourth-order valence-corrected chi connectivity index (χ4v) is 2.13. The van der Waals surface area contributed by atoms with Crippen LogP contribution in [0.15, 0.2) is 54.6 Å². The Morgan fingerprint density at radius 1 is 0.941 bits per heavy atom. The molecule has 1 aliphatic rings. The highest BCUT2D eigenvalue weighted by molar-refractivity contribution is 5.99. The van der Waals surface area contributed by atoms with E-state index in [2.05, 4.69) is 0 Å². The molecule has 0 spiro atoms. The molecule has 1 unspecified atom stereocenters. The minimum atomic E-state index is -0.154. The van der Waals surface area contributed by atoms with Crippen LogP contribution in [0.25, 0.3) is 0 Å². The molecular formula is C15H12O2. The molecule has 2 heteroatoms. The van der Waals surface area contributed by atoms with Crippen LogP contribution in [0, 0.1) is 0 Å². The zero-order valence-corrected chi connectivity index (χ0v) is 9.30. The summed E-state index contributed by atoms with van der Waals surface area (Å²) in [6.45, 7) is 0. The van der Waals surface area contributed by atoms with E-state index in [-0.39, 0.29) is 11.9 Å². The van der Waals surface area contributed by atoms with Crippen molar-refractivity contribution in [3.63, 3.8) is 0 Å². The lowest BCUT2D eigenvalue weighted by atomic mass is 9.96. The van der Waals surface area contributed by atoms with Gasteiger partial charge in [-0.1, -0.05) is 42.5 Å². The lowest BCUT2D eigenvalue weighted by molar-refractivity contribution is 0.0850. The summed E-state index contributed by atoms with van der Waals surface area (Å²) < 4.78 is 5.87. The van der Waals surface area contributed by atoms with E-state index in [0.717, 1.165) is 5.56 Å². The maximum absolute atomic E-state index is 12.0. The first kappa shape index (κ1) is 10.1. The van der Waals surface area contributed by atoms with Gasteiger partial charge in [0.1, 0.15) is 11.9 Å². The van der Waals surface area contributed by atoms with E-state index in [0.29, 0.717) is 17.7 Å². The van der Waals surface area contributed by atoms with Crippen molar-refractivity contribution in [2.75, 3.05) is 0 Å². The number of ether oxygens (including phenoxy) is 1. The molecule has 0 aliphatic carbocycles. The van der Waals surface area contributed by atoms with Gasteiger partial charge in [-0.15, -0.1) is 0 Å². The number of hydrogen-bond acceptors (Lipinski definition) is 2. The molecule has 84 valence electrons. The van der Waals surface area contributed by atoms with Gasteiger partial charge in [0.15, 0.2) is 5.78 Å². The first-order chi connectivity index (χ1) is 8.34. The summed E-state index contributed by atoms with van der Waals surface area (Å²) in [6.07, 6.45) is 0.264. The van der Waals surface area contributed by atoms with Gasteiger partial charge in [-0.25, -0.2) is 0 Å². The van der Waals surface area contributed by atoms with E-state index >= 15 is 0 Å². The van der Waals surface area contributed by atoms with Crippen molar-refractivity contribution in [2.45, 2.75) is 12.5 Å². The van der Waals surface area contributed by atoms with Crippen molar-refractivity contribution in [3.8, 4) is 5.75 Å². The molecule has 2 aromatic rings. The van der Waals surface area contributed by atoms with Crippen molar-refractivity contribution in [3.05, 3.63) is 65.7 Å². The van der Waals surface area contributed by atoms with E-state index in [4.69, 9.17) is 4.74 Å². The largest absolute Gasteiger partial charge is 0.484 e. The molecule has 0 saturated carbocycles. The predicted octanol–water partition coefficient (Wildman–Crippen LogP) is 3.39. The van der Waals surface area contributed by atoms with Crippen molar-refractivity contribution in [1.82, 2.24) is 0 Å². The maximum Gasteiger partial charge on any atom is 0.170 e. The van der Waals surface area contributed by atoms with Gasteiger partial charge in [-0.3, -0.25) is 4.79 Å². The summed E-state index contributed by atoms with van der Waals surface area (Å²) in [5.41, 5.74) is 1.75. The number of carbonyl (C=O) groups is 1. The fourth-order valence-electron chi connectivity index (χ4n) is 2.13. The highest BCUT2D eigenvalue weighted by Gasteiger charge is 2.26.